The van der Waals surface area contributed by atoms with Crippen molar-refractivity contribution in [3.05, 3.63) is 80.3 Å². The van der Waals surface area contributed by atoms with Crippen LogP contribution in [-0.2, 0) is 16.1 Å². The molecule has 4 heterocycles. The minimum Gasteiger partial charge on any atom is -0.378 e. The number of benzene rings is 1. The second-order valence-electron chi connectivity index (χ2n) is 8.44. The average Bonchev–Trinajstić information content (AvgIpc) is 3.37. The normalized spacial score (nSPS) is 17.0. The van der Waals surface area contributed by atoms with Crippen LogP contribution in [-0.4, -0.2) is 57.6 Å². The maximum absolute atomic E-state index is 13.2. The van der Waals surface area contributed by atoms with Crippen molar-refractivity contribution in [1.82, 2.24) is 19.7 Å². The summed E-state index contributed by atoms with van der Waals surface area (Å²) in [6.45, 7) is 21.1. The molecule has 0 saturated carbocycles. The minimum atomic E-state index is -0.523. The van der Waals surface area contributed by atoms with Crippen molar-refractivity contribution in [2.24, 2.45) is 4.99 Å². The van der Waals surface area contributed by atoms with E-state index in [4.69, 9.17) is 22.9 Å². The van der Waals surface area contributed by atoms with Crippen molar-refractivity contribution in [3.63, 3.8) is 0 Å². The molecule has 5 rings (SSSR count). The Morgan fingerprint density at radius 2 is 1.91 bits per heavy atom. The monoisotopic (exact) mass is 485 g/mol. The van der Waals surface area contributed by atoms with Gasteiger partial charge in [0.05, 0.1) is 36.8 Å². The molecule has 2 aromatic heterocycles. The Bertz CT molecular complexity index is 1400. The SMILES string of the molecule is [C-]#[N+]Cc1sc2c(c1C)C(c1ccc([N+]#[C-])cc1)=N[C@@H](CC(=O)N1CCOCC1)c1nnc(C)n1-2. The van der Waals surface area contributed by atoms with Crippen LogP contribution in [0.4, 0.5) is 5.69 Å². The maximum Gasteiger partial charge on any atom is 0.249 e. The van der Waals surface area contributed by atoms with Crippen molar-refractivity contribution >= 4 is 28.6 Å². The second kappa shape index (κ2) is 9.41. The molecule has 1 aromatic carbocycles. The maximum atomic E-state index is 13.2. The molecule has 0 N–H and O–H groups in total. The molecule has 0 spiro atoms. The molecule has 35 heavy (non-hydrogen) atoms. The van der Waals surface area contributed by atoms with E-state index in [1.165, 1.54) is 0 Å². The summed E-state index contributed by atoms with van der Waals surface area (Å²) in [6.07, 6.45) is 0.171. The fourth-order valence-corrected chi connectivity index (χ4v) is 5.77. The number of ether oxygens (including phenoxy) is 1. The van der Waals surface area contributed by atoms with Crippen LogP contribution in [0.3, 0.4) is 0 Å². The first kappa shape index (κ1) is 22.9. The van der Waals surface area contributed by atoms with Gasteiger partial charge in [-0.3, -0.25) is 14.4 Å². The van der Waals surface area contributed by atoms with Crippen LogP contribution in [0, 0.1) is 27.0 Å². The van der Waals surface area contributed by atoms with Crippen molar-refractivity contribution in [2.75, 3.05) is 26.3 Å². The third-order valence-corrected chi connectivity index (χ3v) is 7.59. The molecular weight excluding hydrogens is 462 g/mol. The van der Waals surface area contributed by atoms with Crippen LogP contribution >= 0.6 is 11.3 Å². The standard InChI is InChI=1S/C25H23N7O2S/c1-15-20(14-26-3)35-25-22(15)23(17-5-7-18(27-4)8-6-17)28-19(24-30-29-16(2)32(24)25)13-21(33)31-9-11-34-12-10-31/h5-8,19H,9-14H2,1-2H3/t19-/m0/s1. The van der Waals surface area contributed by atoms with E-state index in [9.17, 15) is 4.79 Å². The van der Waals surface area contributed by atoms with Gasteiger partial charge in [-0.15, -0.1) is 21.5 Å². The van der Waals surface area contributed by atoms with Crippen LogP contribution in [0.5, 0.6) is 0 Å². The van der Waals surface area contributed by atoms with E-state index in [-0.39, 0.29) is 18.9 Å². The molecule has 0 radical (unpaired) electrons. The first-order valence-corrected chi connectivity index (χ1v) is 12.1. The zero-order chi connectivity index (χ0) is 24.5. The number of carbonyl (C=O) groups is 1. The number of fused-ring (bicyclic) bond motifs is 3. The topological polar surface area (TPSA) is 81.3 Å². The third-order valence-electron chi connectivity index (χ3n) is 6.32. The number of hydrogen-bond donors (Lipinski definition) is 0. The van der Waals surface area contributed by atoms with Gasteiger partial charge in [-0.1, -0.05) is 24.3 Å². The highest BCUT2D eigenvalue weighted by molar-refractivity contribution is 7.15. The molecule has 1 atom stereocenters. The number of aliphatic imine (C=N–C) groups is 1. The zero-order valence-corrected chi connectivity index (χ0v) is 20.3. The van der Waals surface area contributed by atoms with Gasteiger partial charge in [-0.05, 0) is 25.0 Å². The van der Waals surface area contributed by atoms with Crippen LogP contribution in [0.1, 0.15) is 45.7 Å². The summed E-state index contributed by atoms with van der Waals surface area (Å²) in [7, 11) is 0. The van der Waals surface area contributed by atoms with E-state index in [1.807, 2.05) is 35.4 Å². The summed E-state index contributed by atoms with van der Waals surface area (Å²) in [5, 5.41) is 9.69. The zero-order valence-electron chi connectivity index (χ0n) is 19.5. The first-order chi connectivity index (χ1) is 17.0. The van der Waals surface area contributed by atoms with Crippen molar-refractivity contribution in [3.8, 4) is 5.00 Å². The summed E-state index contributed by atoms with van der Waals surface area (Å²) in [6, 6.07) is 6.81. The summed E-state index contributed by atoms with van der Waals surface area (Å²) >= 11 is 1.54. The molecule has 2 aliphatic rings. The molecular formula is C25H23N7O2S. The van der Waals surface area contributed by atoms with E-state index < -0.39 is 6.04 Å². The molecule has 10 heteroatoms. The van der Waals surface area contributed by atoms with Gasteiger partial charge in [0.25, 0.3) is 0 Å². The number of morpholine rings is 1. The van der Waals surface area contributed by atoms with Crippen LogP contribution in [0.2, 0.25) is 0 Å². The van der Waals surface area contributed by atoms with Crippen LogP contribution in [0.15, 0.2) is 29.3 Å². The van der Waals surface area contributed by atoms with Crippen molar-refractivity contribution in [1.29, 1.82) is 0 Å². The summed E-state index contributed by atoms with van der Waals surface area (Å²) < 4.78 is 7.39. The fourth-order valence-electron chi connectivity index (χ4n) is 4.48. The van der Waals surface area contributed by atoms with E-state index >= 15 is 0 Å². The molecule has 0 bridgehead atoms. The van der Waals surface area contributed by atoms with Crippen LogP contribution < -0.4 is 0 Å². The molecule has 0 unspecified atom stereocenters. The Morgan fingerprint density at radius 3 is 2.60 bits per heavy atom. The Kier molecular flexibility index (Phi) is 6.16. The lowest BCUT2D eigenvalue weighted by Gasteiger charge is -2.27. The van der Waals surface area contributed by atoms with Crippen molar-refractivity contribution in [2.45, 2.75) is 32.9 Å². The lowest BCUT2D eigenvalue weighted by molar-refractivity contribution is -0.135. The Hall–Kier alpha value is -3.86. The highest BCUT2D eigenvalue weighted by Gasteiger charge is 2.34. The van der Waals surface area contributed by atoms with Gasteiger partial charge in [0.2, 0.25) is 12.5 Å². The average molecular weight is 486 g/mol. The van der Waals surface area contributed by atoms with Gasteiger partial charge in [0.1, 0.15) is 16.9 Å². The fraction of sp³-hybridized carbons (Fsp3) is 0.360. The Balaban J connectivity index is 1.68. The quantitative estimate of drug-likeness (QED) is 0.522. The van der Waals surface area contributed by atoms with E-state index in [1.54, 1.807) is 23.5 Å². The highest BCUT2D eigenvalue weighted by atomic mass is 32.1. The van der Waals surface area contributed by atoms with Gasteiger partial charge in [-0.25, -0.2) is 11.4 Å². The third kappa shape index (κ3) is 4.12. The molecule has 3 aromatic rings. The van der Waals surface area contributed by atoms with E-state index in [0.29, 0.717) is 43.6 Å². The number of thiophene rings is 1. The van der Waals surface area contributed by atoms with Gasteiger partial charge in [0.15, 0.2) is 11.5 Å². The number of rotatable bonds is 4. The van der Waals surface area contributed by atoms with Crippen LogP contribution in [0.25, 0.3) is 14.7 Å². The molecule has 2 aliphatic heterocycles. The number of aromatic nitrogens is 3. The highest BCUT2D eigenvalue weighted by Crippen LogP contribution is 2.40. The number of amides is 1. The number of aryl methyl sites for hydroxylation is 1. The van der Waals surface area contributed by atoms with Gasteiger partial charge in [0, 0.05) is 18.7 Å². The number of carbonyl (C=O) groups excluding carboxylic acids is 1. The largest absolute Gasteiger partial charge is 0.378 e. The summed E-state index contributed by atoms with van der Waals surface area (Å²) in [4.78, 5) is 28.3. The smallest absolute Gasteiger partial charge is 0.249 e. The Labute approximate surface area is 207 Å². The van der Waals surface area contributed by atoms with Gasteiger partial charge >= 0.3 is 0 Å². The first-order valence-electron chi connectivity index (χ1n) is 11.3. The van der Waals surface area contributed by atoms with E-state index in [0.717, 1.165) is 32.3 Å². The van der Waals surface area contributed by atoms with E-state index in [2.05, 4.69) is 19.9 Å². The van der Waals surface area contributed by atoms with Gasteiger partial charge in [-0.2, -0.15) is 0 Å². The molecule has 0 aliphatic carbocycles. The van der Waals surface area contributed by atoms with Crippen molar-refractivity contribution < 1.29 is 9.53 Å². The summed E-state index contributed by atoms with van der Waals surface area (Å²) in [5.41, 5.74) is 4.06. The minimum absolute atomic E-state index is 0.00706. The molecule has 1 amide bonds. The predicted molar refractivity (Wildman–Crippen MR) is 132 cm³/mol. The lowest BCUT2D eigenvalue weighted by Crippen LogP contribution is -2.41. The molecule has 1 fully saturated rings. The second-order valence-corrected chi connectivity index (χ2v) is 9.52. The van der Waals surface area contributed by atoms with Gasteiger partial charge < -0.3 is 14.5 Å². The number of nitrogens with zero attached hydrogens (tertiary/aromatic N) is 7. The molecule has 176 valence electrons. The summed E-state index contributed by atoms with van der Waals surface area (Å²) in [5.74, 6) is 1.34. The molecule has 9 nitrogen and oxygen atoms in total. The Morgan fingerprint density at radius 1 is 1.17 bits per heavy atom. The molecule has 1 saturated heterocycles. The lowest BCUT2D eigenvalue weighted by atomic mass is 9.99. The number of hydrogen-bond acceptors (Lipinski definition) is 6. The predicted octanol–water partition coefficient (Wildman–Crippen LogP) is 4.06.